The Balaban J connectivity index is 2.01. The van der Waals surface area contributed by atoms with Crippen LogP contribution in [0.15, 0.2) is 24.3 Å². The van der Waals surface area contributed by atoms with Crippen molar-refractivity contribution in [3.05, 3.63) is 46.1 Å². The Morgan fingerprint density at radius 1 is 1.12 bits per heavy atom. The number of thiophene rings is 1. The minimum Gasteiger partial charge on any atom is -0.452 e. The summed E-state index contributed by atoms with van der Waals surface area (Å²) in [6.45, 7) is 4.41. The van der Waals surface area contributed by atoms with Crippen LogP contribution in [0.1, 0.15) is 27.7 Å². The minimum atomic E-state index is -0.695. The van der Waals surface area contributed by atoms with Gasteiger partial charge in [-0.05, 0) is 43.7 Å². The largest absolute Gasteiger partial charge is 0.452 e. The third kappa shape index (κ3) is 4.87. The number of amides is 2. The zero-order valence-electron chi connectivity index (χ0n) is 13.9. The molecule has 8 heteroatoms. The number of aryl methyl sites for hydroxylation is 1. The Bertz CT molecular complexity index is 815. The number of carbonyl (C=O) groups excluding carboxylic acids is 3. The first kappa shape index (κ1) is 18.6. The van der Waals surface area contributed by atoms with Crippen LogP contribution in [0.25, 0.3) is 0 Å². The van der Waals surface area contributed by atoms with Crippen molar-refractivity contribution in [3.63, 3.8) is 0 Å². The third-order valence-corrected chi connectivity index (χ3v) is 4.46. The van der Waals surface area contributed by atoms with Gasteiger partial charge in [0.2, 0.25) is 5.91 Å². The van der Waals surface area contributed by atoms with Gasteiger partial charge in [0.15, 0.2) is 6.61 Å². The molecule has 2 amide bonds. The Morgan fingerprint density at radius 3 is 2.36 bits per heavy atom. The summed E-state index contributed by atoms with van der Waals surface area (Å²) >= 11 is 1.27. The maximum absolute atomic E-state index is 12.8. The monoisotopic (exact) mass is 364 g/mol. The van der Waals surface area contributed by atoms with Crippen LogP contribution in [0.2, 0.25) is 0 Å². The van der Waals surface area contributed by atoms with Crippen LogP contribution in [0.3, 0.4) is 0 Å². The van der Waals surface area contributed by atoms with Crippen molar-refractivity contribution in [2.24, 2.45) is 0 Å². The zero-order valence-corrected chi connectivity index (χ0v) is 14.8. The number of halogens is 1. The molecular weight excluding hydrogens is 347 g/mol. The Labute approximate surface area is 148 Å². The number of anilines is 2. The number of hydrogen-bond acceptors (Lipinski definition) is 5. The molecule has 0 saturated heterocycles. The van der Waals surface area contributed by atoms with E-state index in [0.29, 0.717) is 16.3 Å². The fraction of sp³-hybridized carbons (Fsp3) is 0.235. The van der Waals surface area contributed by atoms with Crippen molar-refractivity contribution < 1.29 is 23.5 Å². The van der Waals surface area contributed by atoms with Crippen molar-refractivity contribution in [1.82, 2.24) is 0 Å². The van der Waals surface area contributed by atoms with Gasteiger partial charge in [-0.2, -0.15) is 0 Å². The fourth-order valence-corrected chi connectivity index (χ4v) is 3.15. The fourth-order valence-electron chi connectivity index (χ4n) is 2.05. The Kier molecular flexibility index (Phi) is 5.87. The first-order valence-corrected chi connectivity index (χ1v) is 8.19. The normalized spacial score (nSPS) is 10.2. The summed E-state index contributed by atoms with van der Waals surface area (Å²) < 4.78 is 17.9. The second-order valence-electron chi connectivity index (χ2n) is 5.30. The zero-order chi connectivity index (χ0) is 18.6. The van der Waals surface area contributed by atoms with Crippen LogP contribution < -0.4 is 10.6 Å². The number of ether oxygens (including phenoxy) is 1. The lowest BCUT2D eigenvalue weighted by Crippen LogP contribution is -2.21. The molecule has 0 radical (unpaired) electrons. The van der Waals surface area contributed by atoms with Crippen molar-refractivity contribution >= 4 is 39.8 Å². The van der Waals surface area contributed by atoms with E-state index in [2.05, 4.69) is 10.6 Å². The van der Waals surface area contributed by atoms with Gasteiger partial charge in [-0.15, -0.1) is 11.3 Å². The van der Waals surface area contributed by atoms with Crippen LogP contribution in [0, 0.1) is 19.7 Å². The molecule has 1 aromatic carbocycles. The van der Waals surface area contributed by atoms with E-state index in [1.165, 1.54) is 42.5 Å². The van der Waals surface area contributed by atoms with Crippen LogP contribution >= 0.6 is 11.3 Å². The molecule has 0 unspecified atom stereocenters. The first-order chi connectivity index (χ1) is 11.8. The van der Waals surface area contributed by atoms with E-state index < -0.39 is 24.3 Å². The van der Waals surface area contributed by atoms with Crippen LogP contribution in [-0.4, -0.2) is 24.4 Å². The number of rotatable bonds is 5. The number of hydrogen-bond donors (Lipinski definition) is 2. The average molecular weight is 364 g/mol. The summed E-state index contributed by atoms with van der Waals surface area (Å²) in [6.07, 6.45) is 0. The van der Waals surface area contributed by atoms with Gasteiger partial charge in [0.05, 0.1) is 5.56 Å². The Morgan fingerprint density at radius 2 is 1.76 bits per heavy atom. The molecule has 0 saturated carbocycles. The predicted octanol–water partition coefficient (Wildman–Crippen LogP) is 3.26. The van der Waals surface area contributed by atoms with E-state index in [0.717, 1.165) is 4.88 Å². The van der Waals surface area contributed by atoms with Gasteiger partial charge in [-0.25, -0.2) is 9.18 Å². The van der Waals surface area contributed by atoms with Gasteiger partial charge >= 0.3 is 5.97 Å². The van der Waals surface area contributed by atoms with E-state index in [-0.39, 0.29) is 11.5 Å². The minimum absolute atomic E-state index is 0.243. The highest BCUT2D eigenvalue weighted by atomic mass is 32.1. The molecule has 0 atom stereocenters. The molecule has 132 valence electrons. The summed E-state index contributed by atoms with van der Waals surface area (Å²) in [5.41, 5.74) is 1.33. The quantitative estimate of drug-likeness (QED) is 0.798. The lowest BCUT2D eigenvalue weighted by Gasteiger charge is -2.08. The van der Waals surface area contributed by atoms with Gasteiger partial charge in [0.25, 0.3) is 5.91 Å². The van der Waals surface area contributed by atoms with E-state index in [1.54, 1.807) is 6.92 Å². The molecule has 1 aromatic heterocycles. The topological polar surface area (TPSA) is 84.5 Å². The lowest BCUT2D eigenvalue weighted by molar-refractivity contribution is -0.119. The van der Waals surface area contributed by atoms with Gasteiger partial charge in [-0.3, -0.25) is 9.59 Å². The van der Waals surface area contributed by atoms with Crippen molar-refractivity contribution in [3.8, 4) is 0 Å². The molecule has 6 nitrogen and oxygen atoms in total. The van der Waals surface area contributed by atoms with Crippen molar-refractivity contribution in [1.29, 1.82) is 0 Å². The summed E-state index contributed by atoms with van der Waals surface area (Å²) in [6, 6.07) is 5.21. The molecule has 2 aromatic rings. The van der Waals surface area contributed by atoms with E-state index >= 15 is 0 Å². The van der Waals surface area contributed by atoms with Gasteiger partial charge < -0.3 is 15.4 Å². The standard InChI is InChI=1S/C17H17FN2O4S/c1-9-10(2)25-16(19-11(3)21)15(9)17(23)24-8-14(22)20-13-6-4-12(18)5-7-13/h4-7H,8H2,1-3H3,(H,19,21)(H,20,22). The van der Waals surface area contributed by atoms with Gasteiger partial charge in [0, 0.05) is 17.5 Å². The highest BCUT2D eigenvalue weighted by Crippen LogP contribution is 2.32. The summed E-state index contributed by atoms with van der Waals surface area (Å²) in [7, 11) is 0. The smallest absolute Gasteiger partial charge is 0.341 e. The molecule has 2 rings (SSSR count). The molecule has 0 aliphatic heterocycles. The highest BCUT2D eigenvalue weighted by molar-refractivity contribution is 7.16. The van der Waals surface area contributed by atoms with Gasteiger partial charge in [-0.1, -0.05) is 0 Å². The van der Waals surface area contributed by atoms with E-state index in [4.69, 9.17) is 4.74 Å². The maximum atomic E-state index is 12.8. The summed E-state index contributed by atoms with van der Waals surface area (Å²) in [5, 5.41) is 5.48. The summed E-state index contributed by atoms with van der Waals surface area (Å²) in [5.74, 6) is -1.96. The second-order valence-corrected chi connectivity index (χ2v) is 6.52. The third-order valence-electron chi connectivity index (χ3n) is 3.34. The molecule has 1 heterocycles. The molecule has 0 bridgehead atoms. The number of carbonyl (C=O) groups is 3. The van der Waals surface area contributed by atoms with E-state index in [9.17, 15) is 18.8 Å². The number of benzene rings is 1. The maximum Gasteiger partial charge on any atom is 0.341 e. The highest BCUT2D eigenvalue weighted by Gasteiger charge is 2.22. The average Bonchev–Trinajstić information content (AvgIpc) is 2.81. The molecule has 0 spiro atoms. The van der Waals surface area contributed by atoms with Crippen molar-refractivity contribution in [2.45, 2.75) is 20.8 Å². The summed E-state index contributed by atoms with van der Waals surface area (Å²) in [4.78, 5) is 36.2. The number of nitrogens with one attached hydrogen (secondary N) is 2. The SMILES string of the molecule is CC(=O)Nc1sc(C)c(C)c1C(=O)OCC(=O)Nc1ccc(F)cc1. The Hall–Kier alpha value is -2.74. The molecule has 25 heavy (non-hydrogen) atoms. The van der Waals surface area contributed by atoms with Crippen LogP contribution in [0.4, 0.5) is 15.1 Å². The van der Waals surface area contributed by atoms with E-state index in [1.807, 2.05) is 6.92 Å². The van der Waals surface area contributed by atoms with Crippen LogP contribution in [-0.2, 0) is 14.3 Å². The molecule has 2 N–H and O–H groups in total. The first-order valence-electron chi connectivity index (χ1n) is 7.38. The van der Waals surface area contributed by atoms with Gasteiger partial charge in [0.1, 0.15) is 10.8 Å². The van der Waals surface area contributed by atoms with Crippen molar-refractivity contribution in [2.75, 3.05) is 17.2 Å². The molecular formula is C17H17FN2O4S. The lowest BCUT2D eigenvalue weighted by atomic mass is 10.1. The molecule has 0 fully saturated rings. The molecule has 0 aliphatic rings. The van der Waals surface area contributed by atoms with Crippen LogP contribution in [0.5, 0.6) is 0 Å². The number of esters is 1. The molecule has 0 aliphatic carbocycles. The second kappa shape index (κ2) is 7.89. The predicted molar refractivity (Wildman–Crippen MR) is 93.4 cm³/mol.